The molecule has 4 fully saturated rings. The van der Waals surface area contributed by atoms with Gasteiger partial charge >= 0.3 is 0 Å². The Morgan fingerprint density at radius 2 is 1.47 bits per heavy atom. The quantitative estimate of drug-likeness (QED) is 0.397. The Balaban J connectivity index is 1.57. The van der Waals surface area contributed by atoms with Crippen LogP contribution < -0.4 is 0 Å². The number of hydrogen-bond donors (Lipinski definition) is 2. The summed E-state index contributed by atoms with van der Waals surface area (Å²) in [6.45, 7) is 19.7. The lowest BCUT2D eigenvalue weighted by molar-refractivity contribution is -0.267. The van der Waals surface area contributed by atoms with Crippen molar-refractivity contribution in [1.29, 1.82) is 0 Å². The molecule has 0 bridgehead atoms. The first-order valence-corrected chi connectivity index (χ1v) is 13.8. The minimum atomic E-state index is -0.203. The smallest absolute Gasteiger partial charge is 0.0605 e. The molecule has 11 atom stereocenters. The number of rotatable bonds is 0. The second kappa shape index (κ2) is 6.87. The van der Waals surface area contributed by atoms with Crippen molar-refractivity contribution in [1.82, 2.24) is 0 Å². The van der Waals surface area contributed by atoms with Crippen LogP contribution >= 0.6 is 0 Å². The van der Waals surface area contributed by atoms with Crippen molar-refractivity contribution in [3.63, 3.8) is 0 Å². The van der Waals surface area contributed by atoms with E-state index in [-0.39, 0.29) is 33.9 Å². The maximum absolute atomic E-state index is 11.7. The number of aliphatic hydroxyl groups excluding tert-OH is 2. The third-order valence-corrected chi connectivity index (χ3v) is 13.6. The van der Waals surface area contributed by atoms with Gasteiger partial charge in [-0.3, -0.25) is 0 Å². The molecule has 0 radical (unpaired) electrons. The van der Waals surface area contributed by atoms with E-state index in [4.69, 9.17) is 0 Å². The van der Waals surface area contributed by atoms with Crippen molar-refractivity contribution in [3.05, 3.63) is 11.6 Å². The molecule has 4 saturated carbocycles. The fraction of sp³-hybridized carbons (Fsp3) is 0.933. The molecule has 182 valence electrons. The fourth-order valence-corrected chi connectivity index (χ4v) is 11.3. The average Bonchev–Trinajstić information content (AvgIpc) is 2.70. The van der Waals surface area contributed by atoms with E-state index >= 15 is 0 Å². The monoisotopic (exact) mass is 442 g/mol. The van der Waals surface area contributed by atoms with Gasteiger partial charge in [-0.05, 0) is 110 Å². The van der Waals surface area contributed by atoms with Gasteiger partial charge in [0.05, 0.1) is 12.2 Å². The normalized spacial score (nSPS) is 59.2. The predicted molar refractivity (Wildman–Crippen MR) is 132 cm³/mol. The van der Waals surface area contributed by atoms with E-state index in [0.717, 1.165) is 19.3 Å². The van der Waals surface area contributed by atoms with Crippen LogP contribution in [0.2, 0.25) is 0 Å². The van der Waals surface area contributed by atoms with Gasteiger partial charge in [0.1, 0.15) is 0 Å². The highest BCUT2D eigenvalue weighted by Crippen LogP contribution is 2.76. The van der Waals surface area contributed by atoms with Crippen LogP contribution in [0, 0.1) is 56.7 Å². The Bertz CT molecular complexity index is 814. The van der Waals surface area contributed by atoms with Crippen LogP contribution in [0.15, 0.2) is 11.6 Å². The molecule has 0 aliphatic heterocycles. The van der Waals surface area contributed by atoms with E-state index in [1.807, 2.05) is 0 Å². The Labute approximate surface area is 197 Å². The van der Waals surface area contributed by atoms with Crippen molar-refractivity contribution in [2.45, 2.75) is 119 Å². The van der Waals surface area contributed by atoms with Gasteiger partial charge in [0, 0.05) is 5.41 Å². The first-order valence-electron chi connectivity index (χ1n) is 13.8. The molecular weight excluding hydrogens is 392 g/mol. The topological polar surface area (TPSA) is 40.5 Å². The zero-order valence-corrected chi connectivity index (χ0v) is 22.2. The van der Waals surface area contributed by atoms with Crippen molar-refractivity contribution < 1.29 is 10.2 Å². The summed E-state index contributed by atoms with van der Waals surface area (Å²) in [6.07, 6.45) is 11.4. The van der Waals surface area contributed by atoms with E-state index in [0.29, 0.717) is 35.0 Å². The van der Waals surface area contributed by atoms with Crippen LogP contribution in [0.5, 0.6) is 0 Å². The molecule has 0 heterocycles. The highest BCUT2D eigenvalue weighted by Gasteiger charge is 2.70. The van der Waals surface area contributed by atoms with Gasteiger partial charge in [-0.25, -0.2) is 0 Å². The van der Waals surface area contributed by atoms with Crippen LogP contribution in [0.1, 0.15) is 107 Å². The van der Waals surface area contributed by atoms with Crippen LogP contribution in [0.4, 0.5) is 0 Å². The molecule has 0 amide bonds. The SMILES string of the molecule is CC1=CC[C@]2(C)[C@H]([C@H]1C)[C@@H]1CC[C@H]3[C@]4(C)CC[C@@H](O)C(C)(C)[C@H]4CC[C@]3(C)[C@@]1(C)C[C@H]2O. The molecule has 0 unspecified atom stereocenters. The van der Waals surface area contributed by atoms with Gasteiger partial charge in [-0.1, -0.05) is 60.1 Å². The first kappa shape index (κ1) is 23.4. The van der Waals surface area contributed by atoms with Gasteiger partial charge in [-0.2, -0.15) is 0 Å². The zero-order valence-electron chi connectivity index (χ0n) is 22.2. The van der Waals surface area contributed by atoms with Gasteiger partial charge in [0.15, 0.2) is 0 Å². The third kappa shape index (κ3) is 2.61. The Kier molecular flexibility index (Phi) is 5.02. The number of hydrogen-bond acceptors (Lipinski definition) is 2. The maximum Gasteiger partial charge on any atom is 0.0605 e. The number of fused-ring (bicyclic) bond motifs is 7. The summed E-state index contributed by atoms with van der Waals surface area (Å²) in [6, 6.07) is 0. The van der Waals surface area contributed by atoms with Gasteiger partial charge in [0.25, 0.3) is 0 Å². The molecule has 2 N–H and O–H groups in total. The standard InChI is InChI=1S/C30H50O2/c1-18-11-14-28(6)24(32)17-30(8)20(25(28)19(18)2)9-10-22-27(5)15-13-23(31)26(3,4)21(27)12-16-29(22,30)7/h11,19-25,31-32H,9-10,12-17H2,1-8H3/t19-,20-,21+,22-,23+,24+,25+,27+,28-,29-,30-/m0/s1. The van der Waals surface area contributed by atoms with Crippen LogP contribution in [-0.4, -0.2) is 22.4 Å². The van der Waals surface area contributed by atoms with Gasteiger partial charge in [-0.15, -0.1) is 0 Å². The summed E-state index contributed by atoms with van der Waals surface area (Å²) in [4.78, 5) is 0. The predicted octanol–water partition coefficient (Wildman–Crippen LogP) is 7.00. The lowest BCUT2D eigenvalue weighted by Crippen LogP contribution is -2.69. The lowest BCUT2D eigenvalue weighted by Gasteiger charge is -2.74. The van der Waals surface area contributed by atoms with E-state index < -0.39 is 0 Å². The molecule has 0 saturated heterocycles. The second-order valence-corrected chi connectivity index (χ2v) is 14.7. The summed E-state index contributed by atoms with van der Waals surface area (Å²) in [7, 11) is 0. The van der Waals surface area contributed by atoms with E-state index in [9.17, 15) is 10.2 Å². The average molecular weight is 443 g/mol. The lowest BCUT2D eigenvalue weighted by atomic mass is 9.31. The molecule has 0 aromatic heterocycles. The molecule has 5 rings (SSSR count). The molecule has 0 aromatic rings. The maximum atomic E-state index is 11.7. The van der Waals surface area contributed by atoms with Crippen molar-refractivity contribution in [2.24, 2.45) is 56.7 Å². The zero-order chi connectivity index (χ0) is 23.5. The Hall–Kier alpha value is -0.340. The minimum Gasteiger partial charge on any atom is -0.393 e. The Morgan fingerprint density at radius 1 is 0.781 bits per heavy atom. The molecule has 2 heteroatoms. The van der Waals surface area contributed by atoms with Crippen LogP contribution in [0.25, 0.3) is 0 Å². The molecule has 2 nitrogen and oxygen atoms in total. The first-order chi connectivity index (χ1) is 14.7. The summed E-state index contributed by atoms with van der Waals surface area (Å²) >= 11 is 0. The number of allylic oxidation sites excluding steroid dienone is 2. The molecule has 32 heavy (non-hydrogen) atoms. The molecule has 0 spiro atoms. The minimum absolute atomic E-state index is 0.0104. The second-order valence-electron chi connectivity index (χ2n) is 14.7. The summed E-state index contributed by atoms with van der Waals surface area (Å²) < 4.78 is 0. The summed E-state index contributed by atoms with van der Waals surface area (Å²) in [5.41, 5.74) is 2.37. The molecule has 5 aliphatic rings. The van der Waals surface area contributed by atoms with E-state index in [1.165, 1.54) is 32.1 Å². The number of aliphatic hydroxyl groups is 2. The largest absolute Gasteiger partial charge is 0.393 e. The van der Waals surface area contributed by atoms with Crippen molar-refractivity contribution in [3.8, 4) is 0 Å². The molecule has 5 aliphatic carbocycles. The highest BCUT2D eigenvalue weighted by molar-refractivity contribution is 5.24. The Morgan fingerprint density at radius 3 is 2.16 bits per heavy atom. The van der Waals surface area contributed by atoms with Crippen molar-refractivity contribution >= 4 is 0 Å². The summed E-state index contributed by atoms with van der Waals surface area (Å²) in [5.74, 6) is 3.18. The van der Waals surface area contributed by atoms with Crippen molar-refractivity contribution in [2.75, 3.05) is 0 Å². The van der Waals surface area contributed by atoms with Crippen LogP contribution in [-0.2, 0) is 0 Å². The van der Waals surface area contributed by atoms with E-state index in [2.05, 4.69) is 61.5 Å². The highest BCUT2D eigenvalue weighted by atomic mass is 16.3. The summed E-state index contributed by atoms with van der Waals surface area (Å²) in [5, 5.41) is 22.6. The van der Waals surface area contributed by atoms with E-state index in [1.54, 1.807) is 5.57 Å². The van der Waals surface area contributed by atoms with Crippen LogP contribution in [0.3, 0.4) is 0 Å². The third-order valence-electron chi connectivity index (χ3n) is 13.6. The molecule has 0 aromatic carbocycles. The van der Waals surface area contributed by atoms with Gasteiger partial charge < -0.3 is 10.2 Å². The molecular formula is C30H50O2. The fourth-order valence-electron chi connectivity index (χ4n) is 11.3. The van der Waals surface area contributed by atoms with Gasteiger partial charge in [0.2, 0.25) is 0 Å².